The van der Waals surface area contributed by atoms with Gasteiger partial charge in [0.2, 0.25) is 0 Å². The monoisotopic (exact) mass is 349 g/mol. The third-order valence-electron chi connectivity index (χ3n) is 3.64. The SMILES string of the molecule is CSc1ccccc1C(=O)N1CC[C@H](Oc2ncc(Cl)cn2)C1. The van der Waals surface area contributed by atoms with Crippen LogP contribution in [0.1, 0.15) is 16.8 Å². The third-order valence-corrected chi connectivity index (χ3v) is 4.63. The molecule has 0 saturated carbocycles. The van der Waals surface area contributed by atoms with E-state index in [0.29, 0.717) is 24.1 Å². The van der Waals surface area contributed by atoms with Crippen molar-refractivity contribution in [1.29, 1.82) is 0 Å². The van der Waals surface area contributed by atoms with Crippen molar-refractivity contribution in [3.05, 3.63) is 47.2 Å². The lowest BCUT2D eigenvalue weighted by atomic mass is 10.2. The van der Waals surface area contributed by atoms with Gasteiger partial charge in [-0.2, -0.15) is 0 Å². The van der Waals surface area contributed by atoms with E-state index in [-0.39, 0.29) is 12.0 Å². The standard InChI is InChI=1S/C16H16ClN3O2S/c1-23-14-5-3-2-4-13(14)15(21)20-7-6-12(10-20)22-16-18-8-11(17)9-19-16/h2-5,8-9,12H,6-7,10H2,1H3/t12-/m0/s1. The van der Waals surface area contributed by atoms with E-state index in [0.717, 1.165) is 16.9 Å². The molecule has 0 radical (unpaired) electrons. The Hall–Kier alpha value is -1.79. The first-order valence-corrected chi connectivity index (χ1v) is 8.84. The molecule has 1 aromatic carbocycles. The van der Waals surface area contributed by atoms with Gasteiger partial charge in [0.25, 0.3) is 5.91 Å². The zero-order chi connectivity index (χ0) is 16.2. The van der Waals surface area contributed by atoms with Gasteiger partial charge in [-0.3, -0.25) is 4.79 Å². The van der Waals surface area contributed by atoms with Crippen LogP contribution in [0.15, 0.2) is 41.6 Å². The Bertz CT molecular complexity index is 696. The second-order valence-corrected chi connectivity index (χ2v) is 6.45. The molecule has 3 rings (SSSR count). The van der Waals surface area contributed by atoms with Gasteiger partial charge in [-0.05, 0) is 18.4 Å². The number of thioether (sulfide) groups is 1. The summed E-state index contributed by atoms with van der Waals surface area (Å²) in [6.45, 7) is 1.20. The lowest BCUT2D eigenvalue weighted by Crippen LogP contribution is -2.31. The van der Waals surface area contributed by atoms with Crippen molar-refractivity contribution in [1.82, 2.24) is 14.9 Å². The van der Waals surface area contributed by atoms with Gasteiger partial charge in [-0.1, -0.05) is 23.7 Å². The van der Waals surface area contributed by atoms with Gasteiger partial charge in [0.15, 0.2) is 0 Å². The molecule has 0 bridgehead atoms. The van der Waals surface area contributed by atoms with E-state index in [2.05, 4.69) is 9.97 Å². The van der Waals surface area contributed by atoms with E-state index in [9.17, 15) is 4.79 Å². The summed E-state index contributed by atoms with van der Waals surface area (Å²) >= 11 is 7.33. The first-order chi connectivity index (χ1) is 11.2. The minimum absolute atomic E-state index is 0.0399. The average molecular weight is 350 g/mol. The van der Waals surface area contributed by atoms with Crippen LogP contribution in [0, 0.1) is 0 Å². The van der Waals surface area contributed by atoms with Gasteiger partial charge in [0.05, 0.1) is 29.5 Å². The number of hydrogen-bond acceptors (Lipinski definition) is 5. The van der Waals surface area contributed by atoms with E-state index < -0.39 is 0 Å². The number of carbonyl (C=O) groups is 1. The molecular formula is C16H16ClN3O2S. The van der Waals surface area contributed by atoms with Crippen LogP contribution in [-0.4, -0.2) is 46.2 Å². The minimum atomic E-state index is -0.0958. The average Bonchev–Trinajstić information content (AvgIpc) is 3.05. The first-order valence-electron chi connectivity index (χ1n) is 7.24. The number of likely N-dealkylation sites (tertiary alicyclic amines) is 1. The molecule has 1 amide bonds. The fourth-order valence-corrected chi connectivity index (χ4v) is 3.20. The van der Waals surface area contributed by atoms with Gasteiger partial charge in [-0.15, -0.1) is 11.8 Å². The highest BCUT2D eigenvalue weighted by Gasteiger charge is 2.29. The Balaban J connectivity index is 1.65. The van der Waals surface area contributed by atoms with Crippen molar-refractivity contribution in [2.45, 2.75) is 17.4 Å². The van der Waals surface area contributed by atoms with Crippen LogP contribution >= 0.6 is 23.4 Å². The smallest absolute Gasteiger partial charge is 0.316 e. The van der Waals surface area contributed by atoms with Gasteiger partial charge >= 0.3 is 6.01 Å². The number of rotatable bonds is 4. The maximum absolute atomic E-state index is 12.7. The number of hydrogen-bond donors (Lipinski definition) is 0. The summed E-state index contributed by atoms with van der Waals surface area (Å²) in [5.41, 5.74) is 0.739. The summed E-state index contributed by atoms with van der Waals surface area (Å²) in [7, 11) is 0. The van der Waals surface area contributed by atoms with Crippen molar-refractivity contribution < 1.29 is 9.53 Å². The van der Waals surface area contributed by atoms with Gasteiger partial charge in [-0.25, -0.2) is 9.97 Å². The largest absolute Gasteiger partial charge is 0.458 e. The van der Waals surface area contributed by atoms with Crippen LogP contribution in [0.25, 0.3) is 0 Å². The fraction of sp³-hybridized carbons (Fsp3) is 0.312. The molecule has 1 saturated heterocycles. The highest BCUT2D eigenvalue weighted by atomic mass is 35.5. The molecular weight excluding hydrogens is 334 g/mol. The molecule has 120 valence electrons. The van der Waals surface area contributed by atoms with Crippen LogP contribution in [-0.2, 0) is 0 Å². The number of carbonyl (C=O) groups excluding carboxylic acids is 1. The summed E-state index contributed by atoms with van der Waals surface area (Å²) in [5.74, 6) is 0.0399. The molecule has 0 aliphatic carbocycles. The maximum atomic E-state index is 12.7. The summed E-state index contributed by atoms with van der Waals surface area (Å²) < 4.78 is 5.72. The molecule has 0 spiro atoms. The first kappa shape index (κ1) is 16.1. The number of benzene rings is 1. The van der Waals surface area contributed by atoms with Crippen LogP contribution in [0.2, 0.25) is 5.02 Å². The molecule has 7 heteroatoms. The van der Waals surface area contributed by atoms with Crippen LogP contribution in [0.5, 0.6) is 6.01 Å². The molecule has 1 aliphatic heterocycles. The highest BCUT2D eigenvalue weighted by molar-refractivity contribution is 7.98. The molecule has 1 aliphatic rings. The summed E-state index contributed by atoms with van der Waals surface area (Å²) in [6.07, 6.45) is 5.63. The molecule has 1 atom stereocenters. The molecule has 23 heavy (non-hydrogen) atoms. The minimum Gasteiger partial charge on any atom is -0.458 e. The van der Waals surface area contributed by atoms with Crippen LogP contribution in [0.4, 0.5) is 0 Å². The lowest BCUT2D eigenvalue weighted by molar-refractivity contribution is 0.0766. The van der Waals surface area contributed by atoms with Crippen molar-refractivity contribution >= 4 is 29.3 Å². The predicted molar refractivity (Wildman–Crippen MR) is 90.2 cm³/mol. The second kappa shape index (κ2) is 7.19. The zero-order valence-electron chi connectivity index (χ0n) is 12.6. The molecule has 2 heterocycles. The van der Waals surface area contributed by atoms with Crippen molar-refractivity contribution in [3.63, 3.8) is 0 Å². The fourth-order valence-electron chi connectivity index (χ4n) is 2.51. The van der Waals surface area contributed by atoms with Gasteiger partial charge in [0.1, 0.15) is 6.10 Å². The van der Waals surface area contributed by atoms with E-state index in [1.54, 1.807) is 11.8 Å². The molecule has 1 aromatic heterocycles. The molecule has 0 unspecified atom stereocenters. The van der Waals surface area contributed by atoms with E-state index >= 15 is 0 Å². The van der Waals surface area contributed by atoms with Crippen LogP contribution in [0.3, 0.4) is 0 Å². The molecule has 1 fully saturated rings. The van der Waals surface area contributed by atoms with Crippen molar-refractivity contribution in [2.75, 3.05) is 19.3 Å². The predicted octanol–water partition coefficient (Wildman–Crippen LogP) is 3.15. The van der Waals surface area contributed by atoms with E-state index in [1.807, 2.05) is 35.4 Å². The Morgan fingerprint density at radius 3 is 2.83 bits per heavy atom. The Labute approximate surface area is 144 Å². The molecule has 2 aromatic rings. The van der Waals surface area contributed by atoms with Crippen LogP contribution < -0.4 is 4.74 Å². The number of nitrogens with zero attached hydrogens (tertiary/aromatic N) is 3. The maximum Gasteiger partial charge on any atom is 0.316 e. The van der Waals surface area contributed by atoms with Gasteiger partial charge < -0.3 is 9.64 Å². The molecule has 0 N–H and O–H groups in total. The lowest BCUT2D eigenvalue weighted by Gasteiger charge is -2.18. The summed E-state index contributed by atoms with van der Waals surface area (Å²) in [5, 5.41) is 0.467. The normalized spacial score (nSPS) is 17.3. The Kier molecular flexibility index (Phi) is 5.03. The number of amides is 1. The molecule has 5 nitrogen and oxygen atoms in total. The summed E-state index contributed by atoms with van der Waals surface area (Å²) in [6, 6.07) is 7.95. The zero-order valence-corrected chi connectivity index (χ0v) is 14.2. The number of aromatic nitrogens is 2. The topological polar surface area (TPSA) is 55.3 Å². The highest BCUT2D eigenvalue weighted by Crippen LogP contribution is 2.24. The third kappa shape index (κ3) is 3.76. The number of ether oxygens (including phenoxy) is 1. The van der Waals surface area contributed by atoms with Crippen molar-refractivity contribution in [2.24, 2.45) is 0 Å². The van der Waals surface area contributed by atoms with E-state index in [4.69, 9.17) is 16.3 Å². The Morgan fingerprint density at radius 2 is 2.09 bits per heavy atom. The Morgan fingerprint density at radius 1 is 1.35 bits per heavy atom. The van der Waals surface area contributed by atoms with Crippen molar-refractivity contribution in [3.8, 4) is 6.01 Å². The quantitative estimate of drug-likeness (QED) is 0.794. The second-order valence-electron chi connectivity index (χ2n) is 5.16. The van der Waals surface area contributed by atoms with Gasteiger partial charge in [0, 0.05) is 17.9 Å². The summed E-state index contributed by atoms with van der Waals surface area (Å²) in [4.78, 5) is 23.5. The number of halogens is 1. The van der Waals surface area contributed by atoms with E-state index in [1.165, 1.54) is 12.4 Å².